The van der Waals surface area contributed by atoms with Crippen LogP contribution >= 0.6 is 0 Å². The molecule has 3 heteroatoms. The molecule has 3 nitrogen and oxygen atoms in total. The Morgan fingerprint density at radius 1 is 1.28 bits per heavy atom. The molecule has 2 N–H and O–H groups in total. The highest BCUT2D eigenvalue weighted by atomic mass is 15.1. The average Bonchev–Trinajstić information content (AvgIpc) is 2.39. The van der Waals surface area contributed by atoms with Gasteiger partial charge in [-0.3, -0.25) is 4.98 Å². The summed E-state index contributed by atoms with van der Waals surface area (Å²) in [7, 11) is 2.09. The standard InChI is InChI=1S/C15H19N3/c1-12-8-15(6-5-14(12)9-16)18(2)11-13-4-3-7-17-10-13/h3-8,10H,9,11,16H2,1-2H3. The Labute approximate surface area is 108 Å². The molecule has 2 aromatic rings. The molecule has 0 saturated heterocycles. The predicted octanol–water partition coefficient (Wildman–Crippen LogP) is 2.49. The highest BCUT2D eigenvalue weighted by molar-refractivity contribution is 5.50. The van der Waals surface area contributed by atoms with Crippen molar-refractivity contribution in [2.75, 3.05) is 11.9 Å². The van der Waals surface area contributed by atoms with Crippen molar-refractivity contribution in [2.24, 2.45) is 5.73 Å². The normalized spacial score (nSPS) is 10.4. The summed E-state index contributed by atoms with van der Waals surface area (Å²) in [5.74, 6) is 0. The molecule has 0 unspecified atom stereocenters. The zero-order chi connectivity index (χ0) is 13.0. The van der Waals surface area contributed by atoms with Gasteiger partial charge in [0.15, 0.2) is 0 Å². The van der Waals surface area contributed by atoms with E-state index in [9.17, 15) is 0 Å². The third-order valence-corrected chi connectivity index (χ3v) is 3.13. The molecule has 1 aromatic heterocycles. The first-order valence-electron chi connectivity index (χ1n) is 6.10. The predicted molar refractivity (Wildman–Crippen MR) is 75.4 cm³/mol. The van der Waals surface area contributed by atoms with Gasteiger partial charge in [-0.05, 0) is 41.8 Å². The van der Waals surface area contributed by atoms with E-state index < -0.39 is 0 Å². The molecule has 0 spiro atoms. The van der Waals surface area contributed by atoms with Crippen LogP contribution in [0.3, 0.4) is 0 Å². The molecule has 0 saturated carbocycles. The maximum Gasteiger partial charge on any atom is 0.0441 e. The summed E-state index contributed by atoms with van der Waals surface area (Å²) in [6.07, 6.45) is 3.70. The van der Waals surface area contributed by atoms with Crippen LogP contribution in [0.4, 0.5) is 5.69 Å². The van der Waals surface area contributed by atoms with Crippen LogP contribution in [0, 0.1) is 6.92 Å². The number of hydrogen-bond donors (Lipinski definition) is 1. The fourth-order valence-electron chi connectivity index (χ4n) is 2.00. The summed E-state index contributed by atoms with van der Waals surface area (Å²) in [4.78, 5) is 6.35. The lowest BCUT2D eigenvalue weighted by atomic mass is 10.1. The molecule has 2 rings (SSSR count). The van der Waals surface area contributed by atoms with Crippen LogP contribution in [0.2, 0.25) is 0 Å². The zero-order valence-electron chi connectivity index (χ0n) is 10.9. The van der Waals surface area contributed by atoms with Crippen LogP contribution in [-0.2, 0) is 13.1 Å². The van der Waals surface area contributed by atoms with Gasteiger partial charge in [0.25, 0.3) is 0 Å². The van der Waals surface area contributed by atoms with Crippen molar-refractivity contribution in [1.82, 2.24) is 4.98 Å². The van der Waals surface area contributed by atoms with E-state index in [-0.39, 0.29) is 0 Å². The third-order valence-electron chi connectivity index (χ3n) is 3.13. The highest BCUT2D eigenvalue weighted by Gasteiger charge is 2.04. The summed E-state index contributed by atoms with van der Waals surface area (Å²) in [6, 6.07) is 10.4. The van der Waals surface area contributed by atoms with Crippen molar-refractivity contribution in [2.45, 2.75) is 20.0 Å². The second-order valence-electron chi connectivity index (χ2n) is 4.53. The molecule has 0 radical (unpaired) electrons. The summed E-state index contributed by atoms with van der Waals surface area (Å²) >= 11 is 0. The zero-order valence-corrected chi connectivity index (χ0v) is 10.9. The van der Waals surface area contributed by atoms with Gasteiger partial charge in [-0.2, -0.15) is 0 Å². The molecule has 94 valence electrons. The number of benzene rings is 1. The van der Waals surface area contributed by atoms with E-state index in [0.717, 1.165) is 6.54 Å². The van der Waals surface area contributed by atoms with Crippen molar-refractivity contribution < 1.29 is 0 Å². The number of hydrogen-bond acceptors (Lipinski definition) is 3. The van der Waals surface area contributed by atoms with E-state index >= 15 is 0 Å². The largest absolute Gasteiger partial charge is 0.370 e. The van der Waals surface area contributed by atoms with Gasteiger partial charge >= 0.3 is 0 Å². The number of pyridine rings is 1. The van der Waals surface area contributed by atoms with Crippen LogP contribution in [-0.4, -0.2) is 12.0 Å². The van der Waals surface area contributed by atoms with Crippen molar-refractivity contribution in [3.63, 3.8) is 0 Å². The van der Waals surface area contributed by atoms with Gasteiger partial charge in [0, 0.05) is 38.2 Å². The molecule has 0 fully saturated rings. The van der Waals surface area contributed by atoms with E-state index in [2.05, 4.69) is 48.1 Å². The number of aryl methyl sites for hydroxylation is 1. The minimum atomic E-state index is 0.596. The molecule has 0 amide bonds. The Balaban J connectivity index is 2.14. The van der Waals surface area contributed by atoms with Crippen LogP contribution in [0.1, 0.15) is 16.7 Å². The summed E-state index contributed by atoms with van der Waals surface area (Å²) in [5, 5.41) is 0. The van der Waals surface area contributed by atoms with Crippen LogP contribution in [0.25, 0.3) is 0 Å². The fraction of sp³-hybridized carbons (Fsp3) is 0.267. The number of anilines is 1. The van der Waals surface area contributed by atoms with E-state index in [1.807, 2.05) is 12.3 Å². The van der Waals surface area contributed by atoms with Crippen molar-refractivity contribution in [3.8, 4) is 0 Å². The Hall–Kier alpha value is -1.87. The van der Waals surface area contributed by atoms with E-state index in [0.29, 0.717) is 6.54 Å². The fourth-order valence-corrected chi connectivity index (χ4v) is 2.00. The highest BCUT2D eigenvalue weighted by Crippen LogP contribution is 2.19. The Morgan fingerprint density at radius 2 is 2.11 bits per heavy atom. The molecule has 18 heavy (non-hydrogen) atoms. The average molecular weight is 241 g/mol. The molecule has 1 aromatic carbocycles. The lowest BCUT2D eigenvalue weighted by molar-refractivity contribution is 0.912. The van der Waals surface area contributed by atoms with Crippen molar-refractivity contribution in [1.29, 1.82) is 0 Å². The Kier molecular flexibility index (Phi) is 3.95. The van der Waals surface area contributed by atoms with E-state index in [4.69, 9.17) is 5.73 Å². The summed E-state index contributed by atoms with van der Waals surface area (Å²) in [5.41, 5.74) is 10.5. The molecule has 0 aliphatic heterocycles. The summed E-state index contributed by atoms with van der Waals surface area (Å²) < 4.78 is 0. The van der Waals surface area contributed by atoms with Crippen LogP contribution < -0.4 is 10.6 Å². The topological polar surface area (TPSA) is 42.2 Å². The smallest absolute Gasteiger partial charge is 0.0441 e. The lowest BCUT2D eigenvalue weighted by Gasteiger charge is -2.20. The minimum Gasteiger partial charge on any atom is -0.370 e. The van der Waals surface area contributed by atoms with Gasteiger partial charge in [-0.1, -0.05) is 12.1 Å². The number of nitrogens with zero attached hydrogens (tertiary/aromatic N) is 2. The van der Waals surface area contributed by atoms with Crippen LogP contribution in [0.5, 0.6) is 0 Å². The van der Waals surface area contributed by atoms with Gasteiger partial charge in [-0.25, -0.2) is 0 Å². The van der Waals surface area contributed by atoms with E-state index in [1.165, 1.54) is 22.4 Å². The van der Waals surface area contributed by atoms with Crippen LogP contribution in [0.15, 0.2) is 42.7 Å². The minimum absolute atomic E-state index is 0.596. The Bertz CT molecular complexity index is 508. The first-order valence-corrected chi connectivity index (χ1v) is 6.10. The SMILES string of the molecule is Cc1cc(N(C)Cc2cccnc2)ccc1CN. The van der Waals surface area contributed by atoms with Crippen molar-refractivity contribution >= 4 is 5.69 Å². The van der Waals surface area contributed by atoms with Gasteiger partial charge in [0.2, 0.25) is 0 Å². The number of nitrogens with two attached hydrogens (primary N) is 1. The lowest BCUT2D eigenvalue weighted by Crippen LogP contribution is -2.16. The van der Waals surface area contributed by atoms with Gasteiger partial charge in [0.1, 0.15) is 0 Å². The first-order chi connectivity index (χ1) is 8.70. The van der Waals surface area contributed by atoms with Crippen molar-refractivity contribution in [3.05, 3.63) is 59.4 Å². The van der Waals surface area contributed by atoms with Gasteiger partial charge in [0.05, 0.1) is 0 Å². The van der Waals surface area contributed by atoms with Gasteiger partial charge < -0.3 is 10.6 Å². The monoisotopic (exact) mass is 241 g/mol. The van der Waals surface area contributed by atoms with E-state index in [1.54, 1.807) is 6.20 Å². The second kappa shape index (κ2) is 5.65. The molecule has 0 aliphatic carbocycles. The third kappa shape index (κ3) is 2.87. The number of aromatic nitrogens is 1. The van der Waals surface area contributed by atoms with Gasteiger partial charge in [-0.15, -0.1) is 0 Å². The maximum absolute atomic E-state index is 5.68. The Morgan fingerprint density at radius 3 is 2.72 bits per heavy atom. The summed E-state index contributed by atoms with van der Waals surface area (Å²) in [6.45, 7) is 3.55. The quantitative estimate of drug-likeness (QED) is 0.894. The molecule has 0 bridgehead atoms. The molecule has 0 atom stereocenters. The number of rotatable bonds is 4. The molecular weight excluding hydrogens is 222 g/mol. The molecule has 0 aliphatic rings. The maximum atomic E-state index is 5.68. The molecule has 1 heterocycles. The second-order valence-corrected chi connectivity index (χ2v) is 4.53. The molecular formula is C15H19N3. The first kappa shape index (κ1) is 12.6.